The molecule has 0 fully saturated rings. The number of esters is 1. The molecule has 0 N–H and O–H groups in total. The van der Waals surface area contributed by atoms with Gasteiger partial charge in [-0.3, -0.25) is 4.79 Å². The third-order valence-electron chi connectivity index (χ3n) is 4.70. The molecule has 0 aromatic heterocycles. The normalized spacial score (nSPS) is 12.0. The first kappa shape index (κ1) is 17.8. The number of benzene rings is 3. The molecule has 0 aliphatic heterocycles. The molecule has 0 radical (unpaired) electrons. The van der Waals surface area contributed by atoms with Crippen molar-refractivity contribution >= 4 is 12.3 Å². The Hall–Kier alpha value is -3.60. The van der Waals surface area contributed by atoms with Crippen molar-refractivity contribution < 1.29 is 23.8 Å². The predicted molar refractivity (Wildman–Crippen MR) is 104 cm³/mol. The molecule has 5 heteroatoms. The summed E-state index contributed by atoms with van der Waals surface area (Å²) < 4.78 is 16.5. The number of carbonyl (C=O) groups excluding carboxylic acids is 2. The van der Waals surface area contributed by atoms with E-state index >= 15 is 0 Å². The van der Waals surface area contributed by atoms with Crippen molar-refractivity contribution in [1.82, 2.24) is 0 Å². The van der Waals surface area contributed by atoms with Gasteiger partial charge >= 0.3 is 5.97 Å². The zero-order chi connectivity index (χ0) is 19.5. The van der Waals surface area contributed by atoms with Gasteiger partial charge in [0.25, 0.3) is 0 Å². The minimum Gasteiger partial charge on any atom is -0.493 e. The van der Waals surface area contributed by atoms with Crippen LogP contribution in [-0.2, 0) is 9.53 Å². The van der Waals surface area contributed by atoms with Gasteiger partial charge in [0.1, 0.15) is 6.29 Å². The van der Waals surface area contributed by atoms with E-state index in [2.05, 4.69) is 0 Å². The summed E-state index contributed by atoms with van der Waals surface area (Å²) in [6.45, 7) is -0.266. The Balaban J connectivity index is 1.50. The highest BCUT2D eigenvalue weighted by Crippen LogP contribution is 2.45. The van der Waals surface area contributed by atoms with Crippen LogP contribution in [0.1, 0.15) is 27.6 Å². The molecule has 1 aliphatic rings. The first-order valence-corrected chi connectivity index (χ1v) is 8.85. The number of carbonyl (C=O) groups is 2. The molecule has 0 unspecified atom stereocenters. The molecule has 3 aromatic carbocycles. The van der Waals surface area contributed by atoms with Crippen molar-refractivity contribution in [3.8, 4) is 22.6 Å². The Labute approximate surface area is 162 Å². The largest absolute Gasteiger partial charge is 0.493 e. The minimum atomic E-state index is -0.488. The summed E-state index contributed by atoms with van der Waals surface area (Å²) in [6.07, 6.45) is 0.262. The zero-order valence-electron chi connectivity index (χ0n) is 15.3. The van der Waals surface area contributed by atoms with Gasteiger partial charge in [0.05, 0.1) is 7.11 Å². The van der Waals surface area contributed by atoms with E-state index in [4.69, 9.17) is 14.2 Å². The Bertz CT molecular complexity index is 995. The van der Waals surface area contributed by atoms with Crippen LogP contribution >= 0.6 is 0 Å². The summed E-state index contributed by atoms with van der Waals surface area (Å²) in [5, 5.41) is 0. The van der Waals surface area contributed by atoms with E-state index in [1.165, 1.54) is 7.11 Å². The van der Waals surface area contributed by atoms with E-state index in [1.807, 2.05) is 48.5 Å². The predicted octanol–water partition coefficient (Wildman–Crippen LogP) is 4.20. The molecular formula is C23H18O5. The fourth-order valence-corrected chi connectivity index (χ4v) is 3.42. The molecule has 0 amide bonds. The first-order valence-electron chi connectivity index (χ1n) is 8.85. The molecule has 1 aliphatic carbocycles. The summed E-state index contributed by atoms with van der Waals surface area (Å²) in [5.41, 5.74) is 4.53. The molecule has 0 saturated heterocycles. The molecule has 0 saturated carbocycles. The number of methoxy groups -OCH3 is 1. The molecule has 0 bridgehead atoms. The van der Waals surface area contributed by atoms with E-state index in [0.29, 0.717) is 17.1 Å². The Kier molecular flexibility index (Phi) is 4.81. The summed E-state index contributed by atoms with van der Waals surface area (Å²) in [6, 6.07) is 20.5. The van der Waals surface area contributed by atoms with E-state index < -0.39 is 12.1 Å². The minimum absolute atomic E-state index is 0.266. The highest BCUT2D eigenvalue weighted by Gasteiger charge is 2.31. The maximum absolute atomic E-state index is 12.5. The zero-order valence-corrected chi connectivity index (χ0v) is 15.3. The van der Waals surface area contributed by atoms with Crippen LogP contribution in [0.25, 0.3) is 11.1 Å². The lowest BCUT2D eigenvalue weighted by Crippen LogP contribution is -2.18. The molecule has 0 atom stereocenters. The molecule has 0 spiro atoms. The number of fused-ring (bicyclic) bond motifs is 3. The Morgan fingerprint density at radius 1 is 0.929 bits per heavy atom. The highest BCUT2D eigenvalue weighted by atomic mass is 16.6. The van der Waals surface area contributed by atoms with Crippen LogP contribution in [0.5, 0.6) is 11.5 Å². The molecular weight excluding hydrogens is 356 g/mol. The molecule has 5 nitrogen and oxygen atoms in total. The maximum atomic E-state index is 12.5. The summed E-state index contributed by atoms with van der Waals surface area (Å²) >= 11 is 0. The fraction of sp³-hybridized carbons (Fsp3) is 0.130. The molecule has 3 aromatic rings. The standard InChI is InChI=1S/C23H18O5/c1-26-21-12-15(13-24)10-11-20(21)27-14-22(25)28-23-18-8-4-2-6-16(18)17-7-3-5-9-19(17)23/h2-13,23H,14H2,1H3. The Morgan fingerprint density at radius 2 is 1.57 bits per heavy atom. The van der Waals surface area contributed by atoms with Gasteiger partial charge in [-0.25, -0.2) is 4.79 Å². The third-order valence-corrected chi connectivity index (χ3v) is 4.70. The van der Waals surface area contributed by atoms with Crippen LogP contribution in [0.3, 0.4) is 0 Å². The second kappa shape index (κ2) is 7.56. The van der Waals surface area contributed by atoms with Crippen molar-refractivity contribution in [1.29, 1.82) is 0 Å². The number of hydrogen-bond acceptors (Lipinski definition) is 5. The first-order chi connectivity index (χ1) is 13.7. The van der Waals surface area contributed by atoms with Crippen LogP contribution in [-0.4, -0.2) is 26.0 Å². The van der Waals surface area contributed by atoms with Gasteiger partial charge in [-0.1, -0.05) is 48.5 Å². The van der Waals surface area contributed by atoms with Crippen molar-refractivity contribution in [2.24, 2.45) is 0 Å². The number of hydrogen-bond donors (Lipinski definition) is 0. The lowest BCUT2D eigenvalue weighted by Gasteiger charge is -2.16. The van der Waals surface area contributed by atoms with Gasteiger partial charge in [0, 0.05) is 16.7 Å². The van der Waals surface area contributed by atoms with E-state index in [-0.39, 0.29) is 6.61 Å². The third kappa shape index (κ3) is 3.22. The van der Waals surface area contributed by atoms with Crippen molar-refractivity contribution in [3.05, 3.63) is 83.4 Å². The number of ether oxygens (including phenoxy) is 3. The van der Waals surface area contributed by atoms with Gasteiger partial charge in [0.15, 0.2) is 24.2 Å². The topological polar surface area (TPSA) is 61.8 Å². The Morgan fingerprint density at radius 3 is 2.18 bits per heavy atom. The van der Waals surface area contributed by atoms with Gasteiger partial charge in [0.2, 0.25) is 0 Å². The maximum Gasteiger partial charge on any atom is 0.345 e. The molecule has 140 valence electrons. The summed E-state index contributed by atoms with van der Waals surface area (Å²) in [5.74, 6) is 0.268. The van der Waals surface area contributed by atoms with E-state index in [9.17, 15) is 9.59 Å². The van der Waals surface area contributed by atoms with Gasteiger partial charge < -0.3 is 14.2 Å². The molecule has 0 heterocycles. The van der Waals surface area contributed by atoms with Gasteiger partial charge in [-0.05, 0) is 29.3 Å². The van der Waals surface area contributed by atoms with Crippen LogP contribution in [0.4, 0.5) is 0 Å². The van der Waals surface area contributed by atoms with Crippen LogP contribution in [0.2, 0.25) is 0 Å². The SMILES string of the molecule is COc1cc(C=O)ccc1OCC(=O)OC1c2ccccc2-c2ccccc21. The summed E-state index contributed by atoms with van der Waals surface area (Å²) in [4.78, 5) is 23.3. The lowest BCUT2D eigenvalue weighted by molar-refractivity contribution is -0.149. The quantitative estimate of drug-likeness (QED) is 0.478. The number of rotatable bonds is 6. The highest BCUT2D eigenvalue weighted by molar-refractivity contribution is 5.80. The van der Waals surface area contributed by atoms with Crippen LogP contribution < -0.4 is 9.47 Å². The van der Waals surface area contributed by atoms with Gasteiger partial charge in [-0.15, -0.1) is 0 Å². The average molecular weight is 374 g/mol. The number of aldehydes is 1. The van der Waals surface area contributed by atoms with Crippen molar-refractivity contribution in [3.63, 3.8) is 0 Å². The van der Waals surface area contributed by atoms with E-state index in [0.717, 1.165) is 28.5 Å². The fourth-order valence-electron chi connectivity index (χ4n) is 3.42. The monoisotopic (exact) mass is 374 g/mol. The van der Waals surface area contributed by atoms with Gasteiger partial charge in [-0.2, -0.15) is 0 Å². The summed E-state index contributed by atoms with van der Waals surface area (Å²) in [7, 11) is 1.47. The van der Waals surface area contributed by atoms with Crippen LogP contribution in [0, 0.1) is 0 Å². The average Bonchev–Trinajstić information content (AvgIpc) is 3.06. The van der Waals surface area contributed by atoms with E-state index in [1.54, 1.807) is 18.2 Å². The molecule has 28 heavy (non-hydrogen) atoms. The smallest absolute Gasteiger partial charge is 0.345 e. The van der Waals surface area contributed by atoms with Crippen molar-refractivity contribution in [2.75, 3.05) is 13.7 Å². The van der Waals surface area contributed by atoms with Crippen LogP contribution in [0.15, 0.2) is 66.7 Å². The second-order valence-corrected chi connectivity index (χ2v) is 6.36. The molecule has 4 rings (SSSR count). The van der Waals surface area contributed by atoms with Crippen molar-refractivity contribution in [2.45, 2.75) is 6.10 Å². The second-order valence-electron chi connectivity index (χ2n) is 6.36. The lowest BCUT2D eigenvalue weighted by atomic mass is 10.1.